The van der Waals surface area contributed by atoms with Crippen LogP contribution in [0.4, 0.5) is 0 Å². The number of aliphatic hydroxyl groups is 1. The molecule has 0 spiro atoms. The topological polar surface area (TPSA) is 23.5 Å². The highest BCUT2D eigenvalue weighted by Crippen LogP contribution is 2.15. The zero-order chi connectivity index (χ0) is 10.7. The minimum absolute atomic E-state index is 0. The second kappa shape index (κ2) is 6.45. The Hall–Kier alpha value is -0.280. The molecule has 2 nitrogen and oxygen atoms in total. The van der Waals surface area contributed by atoms with E-state index >= 15 is 0 Å². The van der Waals surface area contributed by atoms with Gasteiger partial charge in [-0.3, -0.25) is 4.90 Å². The molecule has 90 valence electrons. The standard InChI is InChI=1S/C12H16ClNO.ClH/c13-11-5-3-10(4-6-11)8-14-7-1-2-12(15)9-14;/h3-6,12,15H,1-2,7-9H2;1H. The van der Waals surface area contributed by atoms with Crippen LogP contribution >= 0.6 is 24.0 Å². The third kappa shape index (κ3) is 3.95. The third-order valence-electron chi connectivity index (χ3n) is 2.80. The largest absolute Gasteiger partial charge is 0.392 e. The molecule has 4 heteroatoms. The van der Waals surface area contributed by atoms with Gasteiger partial charge in [-0.2, -0.15) is 0 Å². The number of hydrogen-bond acceptors (Lipinski definition) is 2. The minimum Gasteiger partial charge on any atom is -0.392 e. The number of likely N-dealkylation sites (tertiary alicyclic amines) is 1. The molecule has 0 aliphatic carbocycles. The molecule has 1 atom stereocenters. The van der Waals surface area contributed by atoms with Crippen LogP contribution in [0, 0.1) is 0 Å². The Bertz CT molecular complexity index is 315. The quantitative estimate of drug-likeness (QED) is 0.885. The van der Waals surface area contributed by atoms with Gasteiger partial charge < -0.3 is 5.11 Å². The summed E-state index contributed by atoms with van der Waals surface area (Å²) in [5.74, 6) is 0. The Kier molecular flexibility index (Phi) is 5.56. The van der Waals surface area contributed by atoms with Crippen molar-refractivity contribution in [3.05, 3.63) is 34.9 Å². The van der Waals surface area contributed by atoms with Crippen LogP contribution in [0.1, 0.15) is 18.4 Å². The van der Waals surface area contributed by atoms with E-state index in [0.717, 1.165) is 37.5 Å². The first-order valence-electron chi connectivity index (χ1n) is 5.39. The van der Waals surface area contributed by atoms with Crippen molar-refractivity contribution in [2.75, 3.05) is 13.1 Å². The number of hydrogen-bond donors (Lipinski definition) is 1. The summed E-state index contributed by atoms with van der Waals surface area (Å²) in [5.41, 5.74) is 1.26. The number of halogens is 2. The van der Waals surface area contributed by atoms with Gasteiger partial charge in [0.15, 0.2) is 0 Å². The number of benzene rings is 1. The Balaban J connectivity index is 0.00000128. The molecule has 1 aromatic carbocycles. The lowest BCUT2D eigenvalue weighted by molar-refractivity contribution is 0.0668. The summed E-state index contributed by atoms with van der Waals surface area (Å²) in [6, 6.07) is 7.92. The monoisotopic (exact) mass is 261 g/mol. The fourth-order valence-corrected chi connectivity index (χ4v) is 2.15. The Labute approximate surface area is 108 Å². The number of nitrogens with zero attached hydrogens (tertiary/aromatic N) is 1. The van der Waals surface area contributed by atoms with Gasteiger partial charge in [-0.15, -0.1) is 12.4 Å². The van der Waals surface area contributed by atoms with E-state index in [2.05, 4.69) is 4.90 Å². The van der Waals surface area contributed by atoms with E-state index in [0.29, 0.717) is 0 Å². The zero-order valence-corrected chi connectivity index (χ0v) is 10.7. The van der Waals surface area contributed by atoms with E-state index < -0.39 is 0 Å². The fraction of sp³-hybridized carbons (Fsp3) is 0.500. The van der Waals surface area contributed by atoms with Crippen molar-refractivity contribution in [2.45, 2.75) is 25.5 Å². The third-order valence-corrected chi connectivity index (χ3v) is 3.05. The Morgan fingerprint density at radius 2 is 2.00 bits per heavy atom. The van der Waals surface area contributed by atoms with Crippen molar-refractivity contribution in [3.63, 3.8) is 0 Å². The summed E-state index contributed by atoms with van der Waals surface area (Å²) in [6.07, 6.45) is 1.89. The smallest absolute Gasteiger partial charge is 0.0667 e. The van der Waals surface area contributed by atoms with Gasteiger partial charge in [0.2, 0.25) is 0 Å². The van der Waals surface area contributed by atoms with Gasteiger partial charge in [0.05, 0.1) is 6.10 Å². The normalized spacial score (nSPS) is 21.5. The van der Waals surface area contributed by atoms with E-state index in [1.165, 1.54) is 5.56 Å². The first-order valence-corrected chi connectivity index (χ1v) is 5.77. The predicted octanol–water partition coefficient (Wildman–Crippen LogP) is 2.72. The summed E-state index contributed by atoms with van der Waals surface area (Å²) < 4.78 is 0. The summed E-state index contributed by atoms with van der Waals surface area (Å²) >= 11 is 5.82. The molecule has 0 saturated carbocycles. The van der Waals surface area contributed by atoms with Crippen molar-refractivity contribution < 1.29 is 5.11 Å². The molecule has 1 aromatic rings. The van der Waals surface area contributed by atoms with Gasteiger partial charge >= 0.3 is 0 Å². The molecule has 1 unspecified atom stereocenters. The van der Waals surface area contributed by atoms with Crippen molar-refractivity contribution >= 4 is 24.0 Å². The van der Waals surface area contributed by atoms with Crippen molar-refractivity contribution in [1.29, 1.82) is 0 Å². The van der Waals surface area contributed by atoms with Gasteiger partial charge in [-0.25, -0.2) is 0 Å². The minimum atomic E-state index is -0.147. The molecule has 2 rings (SSSR count). The maximum atomic E-state index is 9.54. The molecule has 1 saturated heterocycles. The zero-order valence-electron chi connectivity index (χ0n) is 9.10. The number of rotatable bonds is 2. The highest BCUT2D eigenvalue weighted by atomic mass is 35.5. The van der Waals surface area contributed by atoms with Crippen molar-refractivity contribution in [2.24, 2.45) is 0 Å². The van der Waals surface area contributed by atoms with Crippen LogP contribution in [0.15, 0.2) is 24.3 Å². The summed E-state index contributed by atoms with van der Waals surface area (Å²) in [5, 5.41) is 10.3. The first-order chi connectivity index (χ1) is 7.24. The molecule has 1 aliphatic heterocycles. The van der Waals surface area contributed by atoms with Crippen LogP contribution in [0.2, 0.25) is 5.02 Å². The van der Waals surface area contributed by atoms with Crippen LogP contribution in [0.25, 0.3) is 0 Å². The van der Waals surface area contributed by atoms with Crippen LogP contribution in [0.5, 0.6) is 0 Å². The summed E-state index contributed by atoms with van der Waals surface area (Å²) in [6.45, 7) is 2.79. The lowest BCUT2D eigenvalue weighted by Gasteiger charge is -2.29. The van der Waals surface area contributed by atoms with E-state index in [-0.39, 0.29) is 18.5 Å². The van der Waals surface area contributed by atoms with Gasteiger partial charge in [-0.05, 0) is 37.1 Å². The van der Waals surface area contributed by atoms with E-state index in [9.17, 15) is 5.11 Å². The highest BCUT2D eigenvalue weighted by molar-refractivity contribution is 6.30. The molecule has 0 amide bonds. The molecule has 1 aliphatic rings. The molecule has 1 heterocycles. The van der Waals surface area contributed by atoms with Crippen molar-refractivity contribution in [3.8, 4) is 0 Å². The molecule has 1 N–H and O–H groups in total. The van der Waals surface area contributed by atoms with Gasteiger partial charge in [0.25, 0.3) is 0 Å². The van der Waals surface area contributed by atoms with Crippen LogP contribution < -0.4 is 0 Å². The highest BCUT2D eigenvalue weighted by Gasteiger charge is 2.17. The molecule has 16 heavy (non-hydrogen) atoms. The van der Waals surface area contributed by atoms with Crippen LogP contribution in [-0.2, 0) is 6.54 Å². The number of aliphatic hydroxyl groups excluding tert-OH is 1. The van der Waals surface area contributed by atoms with E-state index in [4.69, 9.17) is 11.6 Å². The summed E-state index contributed by atoms with van der Waals surface area (Å²) in [4.78, 5) is 2.29. The van der Waals surface area contributed by atoms with Crippen LogP contribution in [-0.4, -0.2) is 29.2 Å². The molecular formula is C12H17Cl2NO. The average molecular weight is 262 g/mol. The second-order valence-corrected chi connectivity index (χ2v) is 4.59. The Morgan fingerprint density at radius 1 is 1.31 bits per heavy atom. The Morgan fingerprint density at radius 3 is 2.62 bits per heavy atom. The second-order valence-electron chi connectivity index (χ2n) is 4.16. The van der Waals surface area contributed by atoms with Gasteiger partial charge in [0.1, 0.15) is 0 Å². The SMILES string of the molecule is Cl.OC1CCCN(Cc2ccc(Cl)cc2)C1. The molecular weight excluding hydrogens is 245 g/mol. The van der Waals surface area contributed by atoms with Crippen molar-refractivity contribution in [1.82, 2.24) is 4.90 Å². The lowest BCUT2D eigenvalue weighted by Crippen LogP contribution is -2.37. The maximum Gasteiger partial charge on any atom is 0.0667 e. The van der Waals surface area contributed by atoms with Crippen LogP contribution in [0.3, 0.4) is 0 Å². The van der Waals surface area contributed by atoms with Gasteiger partial charge in [0, 0.05) is 18.1 Å². The molecule has 0 aromatic heterocycles. The lowest BCUT2D eigenvalue weighted by atomic mass is 10.1. The number of piperidine rings is 1. The first kappa shape index (κ1) is 13.8. The fourth-order valence-electron chi connectivity index (χ4n) is 2.02. The molecule has 1 fully saturated rings. The summed E-state index contributed by atoms with van der Waals surface area (Å²) in [7, 11) is 0. The molecule has 0 bridgehead atoms. The van der Waals surface area contributed by atoms with E-state index in [1.54, 1.807) is 0 Å². The average Bonchev–Trinajstić information content (AvgIpc) is 2.22. The van der Waals surface area contributed by atoms with Gasteiger partial charge in [-0.1, -0.05) is 23.7 Å². The number of β-amino-alcohol motifs (C(OH)–C–C–N with tert-alkyl or cyclic N) is 1. The van der Waals surface area contributed by atoms with E-state index in [1.807, 2.05) is 24.3 Å². The predicted molar refractivity (Wildman–Crippen MR) is 69.2 cm³/mol. The maximum absolute atomic E-state index is 9.54. The molecule has 0 radical (unpaired) electrons.